The molecule has 0 bridgehead atoms. The molecule has 1 saturated carbocycles. The fourth-order valence-corrected chi connectivity index (χ4v) is 1.67. The lowest BCUT2D eigenvalue weighted by Crippen LogP contribution is -2.29. The van der Waals surface area contributed by atoms with E-state index >= 15 is 0 Å². The molecule has 0 aromatic carbocycles. The SMILES string of the molecule is O=C(O)CC(=O)NCC1CCCC1. The molecule has 1 fully saturated rings. The zero-order valence-electron chi connectivity index (χ0n) is 7.58. The number of hydrogen-bond acceptors (Lipinski definition) is 2. The number of carboxylic acid groups (broad SMARTS) is 1. The van der Waals surface area contributed by atoms with E-state index < -0.39 is 12.4 Å². The van der Waals surface area contributed by atoms with Crippen molar-refractivity contribution in [2.45, 2.75) is 32.1 Å². The standard InChI is InChI=1S/C9H15NO3/c11-8(5-9(12)13)10-6-7-3-1-2-4-7/h7H,1-6H2,(H,10,11)(H,12,13). The molecule has 0 heterocycles. The van der Waals surface area contributed by atoms with Crippen LogP contribution in [0.1, 0.15) is 32.1 Å². The number of hydrogen-bond donors (Lipinski definition) is 2. The Labute approximate surface area is 77.3 Å². The summed E-state index contributed by atoms with van der Waals surface area (Å²) in [7, 11) is 0. The van der Waals surface area contributed by atoms with E-state index in [9.17, 15) is 9.59 Å². The number of rotatable bonds is 4. The second-order valence-electron chi connectivity index (χ2n) is 3.53. The van der Waals surface area contributed by atoms with Gasteiger partial charge in [-0.15, -0.1) is 0 Å². The molecule has 4 nitrogen and oxygen atoms in total. The van der Waals surface area contributed by atoms with Crippen molar-refractivity contribution in [3.8, 4) is 0 Å². The largest absolute Gasteiger partial charge is 0.481 e. The van der Waals surface area contributed by atoms with Gasteiger partial charge in [0.1, 0.15) is 6.42 Å². The van der Waals surface area contributed by atoms with Crippen LogP contribution in [-0.4, -0.2) is 23.5 Å². The number of carbonyl (C=O) groups is 2. The van der Waals surface area contributed by atoms with Gasteiger partial charge in [0.15, 0.2) is 0 Å². The predicted molar refractivity (Wildman–Crippen MR) is 47.2 cm³/mol. The highest BCUT2D eigenvalue weighted by Crippen LogP contribution is 2.23. The van der Waals surface area contributed by atoms with Gasteiger partial charge >= 0.3 is 5.97 Å². The van der Waals surface area contributed by atoms with Crippen molar-refractivity contribution in [2.24, 2.45) is 5.92 Å². The Kier molecular flexibility index (Phi) is 3.73. The molecule has 0 aromatic heterocycles. The summed E-state index contributed by atoms with van der Waals surface area (Å²) >= 11 is 0. The summed E-state index contributed by atoms with van der Waals surface area (Å²) in [5.74, 6) is -0.874. The van der Waals surface area contributed by atoms with Crippen molar-refractivity contribution in [3.05, 3.63) is 0 Å². The molecule has 13 heavy (non-hydrogen) atoms. The fraction of sp³-hybridized carbons (Fsp3) is 0.778. The van der Waals surface area contributed by atoms with E-state index in [0.29, 0.717) is 12.5 Å². The first-order valence-electron chi connectivity index (χ1n) is 4.67. The van der Waals surface area contributed by atoms with Crippen LogP contribution in [0.5, 0.6) is 0 Å². The minimum absolute atomic E-state index is 0.376. The first kappa shape index (κ1) is 10.0. The Morgan fingerprint density at radius 2 is 1.92 bits per heavy atom. The quantitative estimate of drug-likeness (QED) is 0.636. The van der Waals surface area contributed by atoms with Gasteiger partial charge in [-0.1, -0.05) is 12.8 Å². The molecule has 1 aliphatic carbocycles. The molecular formula is C9H15NO3. The maximum Gasteiger partial charge on any atom is 0.312 e. The van der Waals surface area contributed by atoms with Crippen LogP contribution in [0.2, 0.25) is 0 Å². The van der Waals surface area contributed by atoms with E-state index in [1.54, 1.807) is 0 Å². The minimum Gasteiger partial charge on any atom is -0.481 e. The summed E-state index contributed by atoms with van der Waals surface area (Å²) < 4.78 is 0. The van der Waals surface area contributed by atoms with Gasteiger partial charge in [0.25, 0.3) is 0 Å². The highest BCUT2D eigenvalue weighted by Gasteiger charge is 2.16. The van der Waals surface area contributed by atoms with Crippen molar-refractivity contribution < 1.29 is 14.7 Å². The zero-order valence-corrected chi connectivity index (χ0v) is 7.58. The van der Waals surface area contributed by atoms with Gasteiger partial charge in [-0.3, -0.25) is 9.59 Å². The van der Waals surface area contributed by atoms with Crippen molar-refractivity contribution >= 4 is 11.9 Å². The smallest absolute Gasteiger partial charge is 0.312 e. The van der Waals surface area contributed by atoms with E-state index in [-0.39, 0.29) is 5.91 Å². The number of nitrogens with one attached hydrogen (secondary N) is 1. The normalized spacial score (nSPS) is 17.2. The number of amides is 1. The summed E-state index contributed by atoms with van der Waals surface area (Å²) in [5.41, 5.74) is 0. The van der Waals surface area contributed by atoms with Crippen LogP contribution in [0.25, 0.3) is 0 Å². The molecule has 0 unspecified atom stereocenters. The first-order valence-corrected chi connectivity index (χ1v) is 4.67. The Morgan fingerprint density at radius 1 is 1.31 bits per heavy atom. The van der Waals surface area contributed by atoms with Crippen LogP contribution >= 0.6 is 0 Å². The summed E-state index contributed by atoms with van der Waals surface area (Å²) in [6, 6.07) is 0. The minimum atomic E-state index is -1.07. The van der Waals surface area contributed by atoms with Gasteiger partial charge in [0, 0.05) is 6.54 Å². The Morgan fingerprint density at radius 3 is 2.46 bits per heavy atom. The van der Waals surface area contributed by atoms with Crippen molar-refractivity contribution in [3.63, 3.8) is 0 Å². The van der Waals surface area contributed by atoms with Crippen molar-refractivity contribution in [1.29, 1.82) is 0 Å². The lowest BCUT2D eigenvalue weighted by Gasteiger charge is -2.09. The van der Waals surface area contributed by atoms with Crippen LogP contribution in [-0.2, 0) is 9.59 Å². The van der Waals surface area contributed by atoms with Gasteiger partial charge in [0.05, 0.1) is 0 Å². The molecule has 0 atom stereocenters. The van der Waals surface area contributed by atoms with E-state index in [0.717, 1.165) is 12.8 Å². The highest BCUT2D eigenvalue weighted by atomic mass is 16.4. The fourth-order valence-electron chi connectivity index (χ4n) is 1.67. The lowest BCUT2D eigenvalue weighted by atomic mass is 10.1. The maximum absolute atomic E-state index is 10.9. The molecule has 0 aliphatic heterocycles. The Balaban J connectivity index is 2.10. The van der Waals surface area contributed by atoms with Crippen LogP contribution in [0.4, 0.5) is 0 Å². The van der Waals surface area contributed by atoms with E-state index in [1.165, 1.54) is 12.8 Å². The second-order valence-corrected chi connectivity index (χ2v) is 3.53. The third-order valence-electron chi connectivity index (χ3n) is 2.37. The Hall–Kier alpha value is -1.06. The average Bonchev–Trinajstić information content (AvgIpc) is 2.51. The molecule has 0 radical (unpaired) electrons. The van der Waals surface area contributed by atoms with E-state index in [4.69, 9.17) is 5.11 Å². The molecule has 0 aromatic rings. The third kappa shape index (κ3) is 3.92. The van der Waals surface area contributed by atoms with Gasteiger partial charge in [-0.2, -0.15) is 0 Å². The van der Waals surface area contributed by atoms with Crippen molar-refractivity contribution in [1.82, 2.24) is 5.32 Å². The lowest BCUT2D eigenvalue weighted by molar-refractivity contribution is -0.140. The van der Waals surface area contributed by atoms with Crippen molar-refractivity contribution in [2.75, 3.05) is 6.54 Å². The molecule has 4 heteroatoms. The van der Waals surface area contributed by atoms with E-state index in [2.05, 4.69) is 5.32 Å². The van der Waals surface area contributed by atoms with Gasteiger partial charge in [0.2, 0.25) is 5.91 Å². The summed E-state index contributed by atoms with van der Waals surface area (Å²) in [5, 5.41) is 11.0. The topological polar surface area (TPSA) is 66.4 Å². The molecule has 0 saturated heterocycles. The van der Waals surface area contributed by atoms with Crippen LogP contribution in [0.3, 0.4) is 0 Å². The number of carbonyl (C=O) groups excluding carboxylic acids is 1. The first-order chi connectivity index (χ1) is 6.18. The summed E-state index contributed by atoms with van der Waals surface area (Å²) in [6.07, 6.45) is 4.38. The van der Waals surface area contributed by atoms with Crippen LogP contribution in [0.15, 0.2) is 0 Å². The zero-order chi connectivity index (χ0) is 9.68. The predicted octanol–water partition coefficient (Wildman–Crippen LogP) is 0.767. The molecule has 0 spiro atoms. The molecule has 1 amide bonds. The van der Waals surface area contributed by atoms with E-state index in [1.807, 2.05) is 0 Å². The van der Waals surface area contributed by atoms with Gasteiger partial charge in [-0.25, -0.2) is 0 Å². The number of carboxylic acids is 1. The monoisotopic (exact) mass is 185 g/mol. The van der Waals surface area contributed by atoms with Crippen LogP contribution < -0.4 is 5.32 Å². The van der Waals surface area contributed by atoms with Gasteiger partial charge in [-0.05, 0) is 18.8 Å². The molecule has 1 aliphatic rings. The molecule has 2 N–H and O–H groups in total. The third-order valence-corrected chi connectivity index (χ3v) is 2.37. The summed E-state index contributed by atoms with van der Waals surface area (Å²) in [6.45, 7) is 0.645. The van der Waals surface area contributed by atoms with Crippen LogP contribution in [0, 0.1) is 5.92 Å². The molecular weight excluding hydrogens is 170 g/mol. The number of aliphatic carboxylic acids is 1. The Bertz CT molecular complexity index is 197. The highest BCUT2D eigenvalue weighted by molar-refractivity contribution is 5.93. The van der Waals surface area contributed by atoms with Gasteiger partial charge < -0.3 is 10.4 Å². The summed E-state index contributed by atoms with van der Waals surface area (Å²) in [4.78, 5) is 21.1. The maximum atomic E-state index is 10.9. The average molecular weight is 185 g/mol. The second kappa shape index (κ2) is 4.84. The molecule has 74 valence electrons. The molecule has 1 rings (SSSR count).